The van der Waals surface area contributed by atoms with Crippen LogP contribution in [0.15, 0.2) is 15.6 Å². The molecule has 0 radical (unpaired) electrons. The van der Waals surface area contributed by atoms with Crippen LogP contribution in [0.25, 0.3) is 0 Å². The molecule has 7 nitrogen and oxygen atoms in total. The molecule has 0 atom stereocenters. The fourth-order valence-corrected chi connectivity index (χ4v) is 1.92. The zero-order chi connectivity index (χ0) is 18.0. The van der Waals surface area contributed by atoms with E-state index in [0.29, 0.717) is 24.8 Å². The molecule has 2 N–H and O–H groups in total. The van der Waals surface area contributed by atoms with Crippen LogP contribution in [0.1, 0.15) is 58.6 Å². The van der Waals surface area contributed by atoms with Crippen molar-refractivity contribution in [3.8, 4) is 0 Å². The number of esters is 1. The third-order valence-electron chi connectivity index (χ3n) is 3.34. The van der Waals surface area contributed by atoms with Crippen LogP contribution in [0.4, 0.5) is 0 Å². The van der Waals surface area contributed by atoms with Crippen LogP contribution >= 0.6 is 24.0 Å². The third kappa shape index (κ3) is 9.66. The topological polar surface area (TPSA) is 88.8 Å². The van der Waals surface area contributed by atoms with Crippen LogP contribution in [0.2, 0.25) is 0 Å². The van der Waals surface area contributed by atoms with Gasteiger partial charge < -0.3 is 19.8 Å². The number of nitrogens with zero attached hydrogens (tertiary/aromatic N) is 2. The number of nitrogens with one attached hydrogen (secondary N) is 2. The van der Waals surface area contributed by atoms with E-state index in [1.165, 1.54) is 7.11 Å². The minimum absolute atomic E-state index is 0. The molecule has 0 unspecified atom stereocenters. The summed E-state index contributed by atoms with van der Waals surface area (Å²) in [6, 6.07) is 0. The number of unbranched alkanes of at least 4 members (excludes halogenated alkanes) is 1. The standard InChI is InChI=1S/C17H30N4O3.HI/c1-6-18-16(19-10-8-7-9-15(22)23-5)21-12-14-20-11-13(24-14)17(2,3)4;/h11H,6-10,12H2,1-5H3,(H2,18,19,21);1H. The van der Waals surface area contributed by atoms with Crippen LogP contribution in [0, 0.1) is 0 Å². The molecule has 0 saturated heterocycles. The number of methoxy groups -OCH3 is 1. The Kier molecular flexibility index (Phi) is 11.5. The minimum atomic E-state index is -0.172. The number of carbonyl (C=O) groups is 1. The highest BCUT2D eigenvalue weighted by molar-refractivity contribution is 14.0. The first-order chi connectivity index (χ1) is 11.4. The number of guanidine groups is 1. The number of rotatable bonds is 8. The molecule has 0 aliphatic carbocycles. The Hall–Kier alpha value is -1.32. The van der Waals surface area contributed by atoms with Gasteiger partial charge in [-0.3, -0.25) is 4.79 Å². The van der Waals surface area contributed by atoms with Gasteiger partial charge in [-0.1, -0.05) is 20.8 Å². The highest BCUT2D eigenvalue weighted by Crippen LogP contribution is 2.22. The van der Waals surface area contributed by atoms with Gasteiger partial charge in [0, 0.05) is 24.9 Å². The van der Waals surface area contributed by atoms with Crippen LogP contribution in [-0.2, 0) is 21.5 Å². The number of aromatic nitrogens is 1. The van der Waals surface area contributed by atoms with Crippen molar-refractivity contribution in [3.63, 3.8) is 0 Å². The smallest absolute Gasteiger partial charge is 0.305 e. The second-order valence-corrected chi connectivity index (χ2v) is 6.52. The molecular formula is C17H31IN4O3. The van der Waals surface area contributed by atoms with Gasteiger partial charge in [0.2, 0.25) is 5.89 Å². The molecule has 0 spiro atoms. The predicted octanol–water partition coefficient (Wildman–Crippen LogP) is 2.99. The number of halogens is 1. The van der Waals surface area contributed by atoms with Crippen molar-refractivity contribution >= 4 is 35.9 Å². The molecular weight excluding hydrogens is 435 g/mol. The summed E-state index contributed by atoms with van der Waals surface area (Å²) in [6.07, 6.45) is 3.86. The molecule has 0 aliphatic heterocycles. The largest absolute Gasteiger partial charge is 0.469 e. The fraction of sp³-hybridized carbons (Fsp3) is 0.706. The number of hydrogen-bond donors (Lipinski definition) is 2. The molecule has 0 aromatic carbocycles. The van der Waals surface area contributed by atoms with Gasteiger partial charge in [-0.25, -0.2) is 9.98 Å². The van der Waals surface area contributed by atoms with E-state index in [4.69, 9.17) is 4.42 Å². The molecule has 25 heavy (non-hydrogen) atoms. The van der Waals surface area contributed by atoms with Crippen LogP contribution in [0.5, 0.6) is 0 Å². The zero-order valence-corrected chi connectivity index (χ0v) is 18.2. The van der Waals surface area contributed by atoms with Crippen molar-refractivity contribution in [1.29, 1.82) is 0 Å². The van der Waals surface area contributed by atoms with E-state index in [2.05, 4.69) is 46.1 Å². The zero-order valence-electron chi connectivity index (χ0n) is 15.8. The summed E-state index contributed by atoms with van der Waals surface area (Å²) in [6.45, 7) is 10.2. The molecule has 0 saturated carbocycles. The molecule has 1 aromatic rings. The van der Waals surface area contributed by atoms with E-state index in [1.54, 1.807) is 6.20 Å². The Morgan fingerprint density at radius 3 is 2.60 bits per heavy atom. The highest BCUT2D eigenvalue weighted by atomic mass is 127. The lowest BCUT2D eigenvalue weighted by Crippen LogP contribution is -2.37. The number of ether oxygens (including phenoxy) is 1. The van der Waals surface area contributed by atoms with Gasteiger partial charge in [-0.05, 0) is 19.8 Å². The summed E-state index contributed by atoms with van der Waals surface area (Å²) in [5.74, 6) is 2.00. The fourth-order valence-electron chi connectivity index (χ4n) is 1.92. The first-order valence-corrected chi connectivity index (χ1v) is 8.41. The average Bonchev–Trinajstić information content (AvgIpc) is 3.01. The van der Waals surface area contributed by atoms with Crippen LogP contribution in [0.3, 0.4) is 0 Å². The second kappa shape index (κ2) is 12.1. The summed E-state index contributed by atoms with van der Waals surface area (Å²) in [5, 5.41) is 6.42. The van der Waals surface area contributed by atoms with E-state index >= 15 is 0 Å². The lowest BCUT2D eigenvalue weighted by Gasteiger charge is -2.13. The molecule has 0 bridgehead atoms. The molecule has 8 heteroatoms. The van der Waals surface area contributed by atoms with Crippen molar-refractivity contribution in [3.05, 3.63) is 17.8 Å². The van der Waals surface area contributed by atoms with Crippen molar-refractivity contribution in [2.45, 2.75) is 58.9 Å². The first-order valence-electron chi connectivity index (χ1n) is 8.41. The number of hydrogen-bond acceptors (Lipinski definition) is 5. The molecule has 144 valence electrons. The number of aliphatic imine (C=N–C) groups is 1. The number of carbonyl (C=O) groups excluding carboxylic acids is 1. The molecule has 1 aromatic heterocycles. The van der Waals surface area contributed by atoms with Gasteiger partial charge in [-0.2, -0.15) is 0 Å². The Labute approximate surface area is 167 Å². The summed E-state index contributed by atoms with van der Waals surface area (Å²) in [5.41, 5.74) is -0.0582. The molecule has 0 fully saturated rings. The lowest BCUT2D eigenvalue weighted by atomic mass is 9.94. The summed E-state index contributed by atoms with van der Waals surface area (Å²) >= 11 is 0. The molecule has 1 rings (SSSR count). The van der Waals surface area contributed by atoms with E-state index in [1.807, 2.05) is 6.92 Å². The molecule has 0 aliphatic rings. The first kappa shape index (κ1) is 23.7. The molecule has 1 heterocycles. The van der Waals surface area contributed by atoms with Crippen LogP contribution < -0.4 is 10.6 Å². The Balaban J connectivity index is 0.00000576. The van der Waals surface area contributed by atoms with E-state index < -0.39 is 0 Å². The monoisotopic (exact) mass is 466 g/mol. The Morgan fingerprint density at radius 1 is 1.32 bits per heavy atom. The molecule has 0 amide bonds. The highest BCUT2D eigenvalue weighted by Gasteiger charge is 2.18. The van der Waals surface area contributed by atoms with E-state index in [0.717, 1.165) is 31.7 Å². The lowest BCUT2D eigenvalue weighted by molar-refractivity contribution is -0.140. The maximum absolute atomic E-state index is 11.0. The van der Waals surface area contributed by atoms with Crippen molar-refractivity contribution in [2.24, 2.45) is 4.99 Å². The number of oxazole rings is 1. The Morgan fingerprint density at radius 2 is 2.04 bits per heavy atom. The van der Waals surface area contributed by atoms with Gasteiger partial charge in [0.05, 0.1) is 13.3 Å². The van der Waals surface area contributed by atoms with Crippen molar-refractivity contribution in [1.82, 2.24) is 15.6 Å². The minimum Gasteiger partial charge on any atom is -0.469 e. The quantitative estimate of drug-likeness (QED) is 0.201. The van der Waals surface area contributed by atoms with Crippen molar-refractivity contribution < 1.29 is 13.9 Å². The third-order valence-corrected chi connectivity index (χ3v) is 3.34. The van der Waals surface area contributed by atoms with Gasteiger partial charge in [0.25, 0.3) is 0 Å². The maximum Gasteiger partial charge on any atom is 0.305 e. The predicted molar refractivity (Wildman–Crippen MR) is 109 cm³/mol. The SMILES string of the molecule is CCNC(=NCc1ncc(C(C)(C)C)o1)NCCCCC(=O)OC.I. The second-order valence-electron chi connectivity index (χ2n) is 6.52. The summed E-state index contributed by atoms with van der Waals surface area (Å²) in [4.78, 5) is 19.8. The average molecular weight is 466 g/mol. The Bertz CT molecular complexity index is 538. The van der Waals surface area contributed by atoms with E-state index in [9.17, 15) is 4.79 Å². The van der Waals surface area contributed by atoms with Gasteiger partial charge >= 0.3 is 5.97 Å². The van der Waals surface area contributed by atoms with Crippen molar-refractivity contribution in [2.75, 3.05) is 20.2 Å². The maximum atomic E-state index is 11.0. The summed E-state index contributed by atoms with van der Waals surface area (Å²) < 4.78 is 10.4. The van der Waals surface area contributed by atoms with Gasteiger partial charge in [-0.15, -0.1) is 24.0 Å². The van der Waals surface area contributed by atoms with Gasteiger partial charge in [0.15, 0.2) is 5.96 Å². The van der Waals surface area contributed by atoms with E-state index in [-0.39, 0.29) is 35.4 Å². The van der Waals surface area contributed by atoms with Gasteiger partial charge in [0.1, 0.15) is 12.3 Å². The normalized spacial score (nSPS) is 11.6. The summed E-state index contributed by atoms with van der Waals surface area (Å²) in [7, 11) is 1.41. The van der Waals surface area contributed by atoms with Crippen LogP contribution in [-0.4, -0.2) is 37.1 Å².